The average molecular weight is 223 g/mol. The molecule has 0 radical (unpaired) electrons. The van der Waals surface area contributed by atoms with E-state index in [0.717, 1.165) is 5.71 Å². The number of rotatable bonds is 1. The summed E-state index contributed by atoms with van der Waals surface area (Å²) in [7, 11) is 2.11. The van der Waals surface area contributed by atoms with Crippen LogP contribution in [-0.2, 0) is 0 Å². The minimum absolute atomic E-state index is 0.0378. The van der Waals surface area contributed by atoms with Gasteiger partial charge in [0.2, 0.25) is 0 Å². The highest BCUT2D eigenvalue weighted by molar-refractivity contribution is 6.35. The second-order valence-corrected chi connectivity index (χ2v) is 6.54. The van der Waals surface area contributed by atoms with Gasteiger partial charge in [0.25, 0.3) is 0 Å². The van der Waals surface area contributed by atoms with E-state index in [1.807, 2.05) is 6.21 Å². The van der Waals surface area contributed by atoms with Gasteiger partial charge in [-0.05, 0) is 55.5 Å². The molecule has 0 aromatic heterocycles. The van der Waals surface area contributed by atoms with E-state index in [-0.39, 0.29) is 16.7 Å². The summed E-state index contributed by atoms with van der Waals surface area (Å²) in [6.45, 7) is 14.9. The average Bonchev–Trinajstić information content (AvgIpc) is 2.22. The van der Waals surface area contributed by atoms with Crippen LogP contribution in [0.2, 0.25) is 0 Å². The molecule has 0 aromatic carbocycles. The predicted molar refractivity (Wildman–Crippen MR) is 71.6 cm³/mol. The van der Waals surface area contributed by atoms with Crippen molar-refractivity contribution in [1.29, 1.82) is 0 Å². The highest BCUT2D eigenvalue weighted by atomic mass is 15.4. The van der Waals surface area contributed by atoms with E-state index < -0.39 is 0 Å². The van der Waals surface area contributed by atoms with E-state index >= 15 is 0 Å². The second-order valence-electron chi connectivity index (χ2n) is 6.54. The van der Waals surface area contributed by atoms with Gasteiger partial charge in [-0.25, -0.2) is 0 Å². The molecule has 0 saturated carbocycles. The van der Waals surface area contributed by atoms with Crippen LogP contribution in [-0.4, -0.2) is 40.6 Å². The molecule has 0 aromatic rings. The third-order valence-corrected chi connectivity index (χ3v) is 3.25. The van der Waals surface area contributed by atoms with E-state index in [9.17, 15) is 0 Å². The molecular formula is C13H25N3. The van der Waals surface area contributed by atoms with Gasteiger partial charge in [0.1, 0.15) is 5.66 Å². The summed E-state index contributed by atoms with van der Waals surface area (Å²) < 4.78 is 0. The molecule has 1 aliphatic heterocycles. The van der Waals surface area contributed by atoms with Gasteiger partial charge in [-0.15, -0.1) is 0 Å². The molecule has 1 rings (SSSR count). The second kappa shape index (κ2) is 3.66. The van der Waals surface area contributed by atoms with Crippen molar-refractivity contribution in [2.45, 2.75) is 65.2 Å². The van der Waals surface area contributed by atoms with Gasteiger partial charge in [0, 0.05) is 6.21 Å². The fourth-order valence-electron chi connectivity index (χ4n) is 1.80. The molecule has 0 spiro atoms. The Balaban J connectivity index is 3.02. The van der Waals surface area contributed by atoms with Gasteiger partial charge in [-0.1, -0.05) is 0 Å². The summed E-state index contributed by atoms with van der Waals surface area (Å²) in [6, 6.07) is 0. The van der Waals surface area contributed by atoms with Crippen LogP contribution in [0.1, 0.15) is 48.5 Å². The van der Waals surface area contributed by atoms with Crippen LogP contribution in [0.4, 0.5) is 0 Å². The van der Waals surface area contributed by atoms with Crippen molar-refractivity contribution in [3.8, 4) is 0 Å². The molecule has 0 aliphatic carbocycles. The molecule has 1 heterocycles. The monoisotopic (exact) mass is 223 g/mol. The van der Waals surface area contributed by atoms with Gasteiger partial charge in [-0.2, -0.15) is 0 Å². The van der Waals surface area contributed by atoms with E-state index in [2.05, 4.69) is 65.4 Å². The van der Waals surface area contributed by atoms with Crippen molar-refractivity contribution < 1.29 is 0 Å². The topological polar surface area (TPSA) is 28.0 Å². The van der Waals surface area contributed by atoms with Crippen molar-refractivity contribution in [3.63, 3.8) is 0 Å². The molecule has 16 heavy (non-hydrogen) atoms. The Morgan fingerprint density at radius 3 is 2.00 bits per heavy atom. The first-order valence-corrected chi connectivity index (χ1v) is 5.86. The number of aliphatic imine (C=N–C) groups is 2. The summed E-state index contributed by atoms with van der Waals surface area (Å²) >= 11 is 0. The molecule has 1 aliphatic rings. The van der Waals surface area contributed by atoms with Crippen molar-refractivity contribution in [1.82, 2.24) is 4.90 Å². The molecular weight excluding hydrogens is 198 g/mol. The fraction of sp³-hybridized carbons (Fsp3) is 0.846. The lowest BCUT2D eigenvalue weighted by Crippen LogP contribution is -2.49. The Morgan fingerprint density at radius 2 is 1.69 bits per heavy atom. The third kappa shape index (κ3) is 2.51. The minimum Gasteiger partial charge on any atom is -0.285 e. The Morgan fingerprint density at radius 1 is 1.19 bits per heavy atom. The standard InChI is InChI=1S/C13H25N3/c1-11(2,3)14-9-10-12(4,5)16(8)13(6,7)15-10/h9H,1-8H3. The van der Waals surface area contributed by atoms with Crippen molar-refractivity contribution in [2.24, 2.45) is 9.98 Å². The van der Waals surface area contributed by atoms with E-state index in [4.69, 9.17) is 4.99 Å². The van der Waals surface area contributed by atoms with Crippen LogP contribution in [0.25, 0.3) is 0 Å². The van der Waals surface area contributed by atoms with Crippen LogP contribution < -0.4 is 0 Å². The smallest absolute Gasteiger partial charge is 0.108 e. The van der Waals surface area contributed by atoms with Crippen LogP contribution in [0.3, 0.4) is 0 Å². The molecule has 92 valence electrons. The highest BCUT2D eigenvalue weighted by Gasteiger charge is 2.44. The lowest BCUT2D eigenvalue weighted by atomic mass is 9.97. The fourth-order valence-corrected chi connectivity index (χ4v) is 1.80. The number of hydrogen-bond acceptors (Lipinski definition) is 3. The summed E-state index contributed by atoms with van der Waals surface area (Å²) in [4.78, 5) is 11.6. The molecule has 0 N–H and O–H groups in total. The Hall–Kier alpha value is -0.700. The third-order valence-electron chi connectivity index (χ3n) is 3.25. The first-order valence-electron chi connectivity index (χ1n) is 5.86. The summed E-state index contributed by atoms with van der Waals surface area (Å²) in [5.41, 5.74) is 0.847. The number of nitrogens with zero attached hydrogens (tertiary/aromatic N) is 3. The van der Waals surface area contributed by atoms with Crippen LogP contribution in [0.5, 0.6) is 0 Å². The van der Waals surface area contributed by atoms with E-state index in [1.165, 1.54) is 0 Å². The van der Waals surface area contributed by atoms with Gasteiger partial charge in [-0.3, -0.25) is 14.9 Å². The van der Waals surface area contributed by atoms with Gasteiger partial charge < -0.3 is 0 Å². The van der Waals surface area contributed by atoms with Crippen LogP contribution in [0.15, 0.2) is 9.98 Å². The first-order chi connectivity index (χ1) is 6.97. The molecule has 0 bridgehead atoms. The van der Waals surface area contributed by atoms with Gasteiger partial charge in [0.15, 0.2) is 0 Å². The summed E-state index contributed by atoms with van der Waals surface area (Å²) in [5, 5.41) is 0. The van der Waals surface area contributed by atoms with Crippen molar-refractivity contribution >= 4 is 11.9 Å². The van der Waals surface area contributed by atoms with Crippen molar-refractivity contribution in [2.75, 3.05) is 7.05 Å². The maximum atomic E-state index is 4.75. The van der Waals surface area contributed by atoms with Crippen molar-refractivity contribution in [3.05, 3.63) is 0 Å². The number of hydrogen-bond donors (Lipinski definition) is 0. The molecule has 0 unspecified atom stereocenters. The quantitative estimate of drug-likeness (QED) is 0.628. The minimum atomic E-state index is -0.136. The first kappa shape index (κ1) is 13.4. The molecule has 0 atom stereocenters. The largest absolute Gasteiger partial charge is 0.285 e. The van der Waals surface area contributed by atoms with Gasteiger partial charge in [0.05, 0.1) is 16.8 Å². The van der Waals surface area contributed by atoms with E-state index in [0.29, 0.717) is 0 Å². The molecule has 3 heteroatoms. The SMILES string of the molecule is CN1C(C)(C)N=C(C=NC(C)(C)C)C1(C)C. The zero-order valence-corrected chi connectivity index (χ0v) is 11.9. The molecule has 0 amide bonds. The maximum absolute atomic E-state index is 4.75. The zero-order valence-electron chi connectivity index (χ0n) is 11.9. The highest BCUT2D eigenvalue weighted by Crippen LogP contribution is 2.32. The maximum Gasteiger partial charge on any atom is 0.108 e. The molecule has 0 fully saturated rings. The predicted octanol–water partition coefficient (Wildman–Crippen LogP) is 2.76. The Labute approximate surface area is 99.7 Å². The summed E-state index contributed by atoms with van der Waals surface area (Å²) in [6.07, 6.45) is 1.94. The Bertz CT molecular complexity index is 330. The molecule has 0 saturated heterocycles. The Kier molecular flexibility index (Phi) is 3.05. The zero-order chi connectivity index (χ0) is 12.8. The lowest BCUT2D eigenvalue weighted by Gasteiger charge is -2.35. The summed E-state index contributed by atoms with van der Waals surface area (Å²) in [5.74, 6) is 0. The van der Waals surface area contributed by atoms with Gasteiger partial charge >= 0.3 is 0 Å². The van der Waals surface area contributed by atoms with Crippen LogP contribution in [0, 0.1) is 0 Å². The lowest BCUT2D eigenvalue weighted by molar-refractivity contribution is 0.121. The van der Waals surface area contributed by atoms with Crippen LogP contribution >= 0.6 is 0 Å². The molecule has 3 nitrogen and oxygen atoms in total. The van der Waals surface area contributed by atoms with E-state index in [1.54, 1.807) is 0 Å². The normalized spacial score (nSPS) is 25.1.